The lowest BCUT2D eigenvalue weighted by atomic mass is 9.90. The van der Waals surface area contributed by atoms with Gasteiger partial charge in [-0.15, -0.1) is 0 Å². The van der Waals surface area contributed by atoms with Gasteiger partial charge in [0.2, 0.25) is 6.79 Å². The number of thioether (sulfide) groups is 1. The molecule has 220 valence electrons. The van der Waals surface area contributed by atoms with E-state index in [2.05, 4.69) is 35.2 Å². The fourth-order valence-corrected chi connectivity index (χ4v) is 7.30. The number of pyridine rings is 1. The number of ether oxygens (including phenoxy) is 2. The summed E-state index contributed by atoms with van der Waals surface area (Å²) in [5.74, 6) is 2.45. The number of fused-ring (bicyclic) bond motifs is 1. The zero-order valence-corrected chi connectivity index (χ0v) is 25.8. The van der Waals surface area contributed by atoms with Crippen molar-refractivity contribution in [3.05, 3.63) is 91.6 Å². The van der Waals surface area contributed by atoms with Crippen molar-refractivity contribution in [3.8, 4) is 17.6 Å². The van der Waals surface area contributed by atoms with Gasteiger partial charge >= 0.3 is 0 Å². The minimum Gasteiger partial charge on any atom is -0.454 e. The quantitative estimate of drug-likeness (QED) is 0.250. The van der Waals surface area contributed by atoms with Crippen LogP contribution in [0.5, 0.6) is 11.5 Å². The van der Waals surface area contributed by atoms with Crippen molar-refractivity contribution in [2.24, 2.45) is 5.92 Å². The number of hydrogen-bond acceptors (Lipinski definition) is 8. The number of thiocarbonyl (C=S) groups is 1. The molecule has 0 atom stereocenters. The lowest BCUT2D eigenvalue weighted by Crippen LogP contribution is -2.39. The maximum absolute atomic E-state index is 13.7. The highest BCUT2D eigenvalue weighted by Gasteiger charge is 2.34. The molecule has 2 aromatic carbocycles. The number of rotatable bonds is 7. The number of nitriles is 1. The molecule has 0 unspecified atom stereocenters. The second kappa shape index (κ2) is 12.3. The third-order valence-corrected chi connectivity index (χ3v) is 9.75. The van der Waals surface area contributed by atoms with E-state index in [1.807, 2.05) is 37.3 Å². The first-order valence-electron chi connectivity index (χ1n) is 14.5. The van der Waals surface area contributed by atoms with Gasteiger partial charge in [-0.05, 0) is 73.9 Å². The summed E-state index contributed by atoms with van der Waals surface area (Å²) < 4.78 is 13.0. The van der Waals surface area contributed by atoms with Crippen LogP contribution in [0.4, 0.5) is 5.82 Å². The minimum atomic E-state index is -0.295. The fraction of sp³-hybridized carbons (Fsp3) is 0.333. The first-order chi connectivity index (χ1) is 20.9. The molecule has 8 nitrogen and oxygen atoms in total. The molecule has 0 N–H and O–H groups in total. The van der Waals surface area contributed by atoms with Gasteiger partial charge in [-0.1, -0.05) is 60.4 Å². The Morgan fingerprint density at radius 2 is 1.81 bits per heavy atom. The number of nitrogens with zero attached hydrogens (tertiary/aromatic N) is 4. The number of anilines is 1. The predicted molar refractivity (Wildman–Crippen MR) is 172 cm³/mol. The lowest BCUT2D eigenvalue weighted by molar-refractivity contribution is -0.122. The zero-order chi connectivity index (χ0) is 30.1. The molecule has 43 heavy (non-hydrogen) atoms. The van der Waals surface area contributed by atoms with E-state index in [4.69, 9.17) is 21.7 Å². The van der Waals surface area contributed by atoms with Crippen LogP contribution in [0.1, 0.15) is 47.6 Å². The van der Waals surface area contributed by atoms with E-state index in [-0.39, 0.29) is 23.8 Å². The summed E-state index contributed by atoms with van der Waals surface area (Å²) in [4.78, 5) is 31.4. The average Bonchev–Trinajstić information content (AvgIpc) is 3.59. The summed E-state index contributed by atoms with van der Waals surface area (Å²) in [5.41, 5.74) is 3.33. The third kappa shape index (κ3) is 5.67. The topological polar surface area (TPSA) is 87.8 Å². The van der Waals surface area contributed by atoms with Gasteiger partial charge < -0.3 is 14.4 Å². The Hall–Kier alpha value is -4.07. The summed E-state index contributed by atoms with van der Waals surface area (Å²) in [6.45, 7) is 6.18. The molecule has 1 aromatic heterocycles. The molecule has 0 saturated carbocycles. The van der Waals surface area contributed by atoms with Crippen molar-refractivity contribution in [3.63, 3.8) is 0 Å². The number of aromatic nitrogens is 1. The molecule has 3 aliphatic heterocycles. The Balaban J connectivity index is 1.31. The zero-order valence-electron chi connectivity index (χ0n) is 24.2. The second-order valence-corrected chi connectivity index (χ2v) is 12.6. The molecule has 1 amide bonds. The molecule has 0 spiro atoms. The summed E-state index contributed by atoms with van der Waals surface area (Å²) in [5, 5.41) is 9.93. The van der Waals surface area contributed by atoms with E-state index < -0.39 is 0 Å². The summed E-state index contributed by atoms with van der Waals surface area (Å²) in [7, 11) is 0. The van der Waals surface area contributed by atoms with Gasteiger partial charge in [0.25, 0.3) is 11.5 Å². The van der Waals surface area contributed by atoms with Crippen LogP contribution in [0.2, 0.25) is 0 Å². The third-order valence-electron chi connectivity index (χ3n) is 8.37. The van der Waals surface area contributed by atoms with Gasteiger partial charge in [-0.2, -0.15) is 5.26 Å². The number of benzene rings is 2. The van der Waals surface area contributed by atoms with E-state index >= 15 is 0 Å². The molecule has 2 fully saturated rings. The highest BCUT2D eigenvalue weighted by molar-refractivity contribution is 8.26. The maximum Gasteiger partial charge on any atom is 0.270 e. The van der Waals surface area contributed by atoms with Crippen LogP contribution in [0.3, 0.4) is 0 Å². The predicted octanol–water partition coefficient (Wildman–Crippen LogP) is 5.64. The first kappa shape index (κ1) is 29.0. The number of piperidine rings is 1. The summed E-state index contributed by atoms with van der Waals surface area (Å²) in [6, 6.07) is 18.3. The van der Waals surface area contributed by atoms with Crippen LogP contribution in [0.25, 0.3) is 6.08 Å². The average molecular weight is 613 g/mol. The van der Waals surface area contributed by atoms with Crippen molar-refractivity contribution in [1.29, 1.82) is 5.26 Å². The Kier molecular flexibility index (Phi) is 8.28. The van der Waals surface area contributed by atoms with E-state index in [0.29, 0.717) is 45.3 Å². The van der Waals surface area contributed by atoms with E-state index in [1.165, 1.54) is 17.3 Å². The second-order valence-electron chi connectivity index (χ2n) is 11.0. The Bertz CT molecular complexity index is 1720. The van der Waals surface area contributed by atoms with Crippen molar-refractivity contribution < 1.29 is 14.3 Å². The van der Waals surface area contributed by atoms with Crippen molar-refractivity contribution in [2.45, 2.75) is 46.2 Å². The van der Waals surface area contributed by atoms with Gasteiger partial charge in [0.1, 0.15) is 21.8 Å². The lowest BCUT2D eigenvalue weighted by Gasteiger charge is -2.36. The van der Waals surface area contributed by atoms with Gasteiger partial charge in [0.15, 0.2) is 11.5 Å². The molecule has 2 saturated heterocycles. The molecule has 3 aromatic rings. The first-order valence-corrected chi connectivity index (χ1v) is 15.7. The van der Waals surface area contributed by atoms with Crippen LogP contribution in [-0.4, -0.2) is 39.6 Å². The molecule has 10 heteroatoms. The van der Waals surface area contributed by atoms with Crippen LogP contribution in [0, 0.1) is 24.2 Å². The molecule has 0 aliphatic carbocycles. The number of amides is 1. The van der Waals surface area contributed by atoms with Gasteiger partial charge in [-0.3, -0.25) is 19.1 Å². The molecule has 4 heterocycles. The van der Waals surface area contributed by atoms with E-state index in [0.717, 1.165) is 49.3 Å². The molecular weight excluding hydrogens is 581 g/mol. The van der Waals surface area contributed by atoms with Crippen LogP contribution in [-0.2, 0) is 24.3 Å². The van der Waals surface area contributed by atoms with Crippen LogP contribution in [0.15, 0.2) is 58.2 Å². The minimum absolute atomic E-state index is 0.103. The molecular formula is C33H32N4O4S2. The van der Waals surface area contributed by atoms with Crippen LogP contribution < -0.4 is 19.9 Å². The Labute approximate surface area is 260 Å². The van der Waals surface area contributed by atoms with Gasteiger partial charge in [0, 0.05) is 25.2 Å². The molecule has 0 bridgehead atoms. The molecule has 0 radical (unpaired) electrons. The van der Waals surface area contributed by atoms with Gasteiger partial charge in [-0.25, -0.2) is 0 Å². The number of carbonyl (C=O) groups excluding carboxylic acids is 1. The number of hydrogen-bond donors (Lipinski definition) is 0. The Morgan fingerprint density at radius 3 is 2.53 bits per heavy atom. The van der Waals surface area contributed by atoms with E-state index in [9.17, 15) is 14.9 Å². The highest BCUT2D eigenvalue weighted by atomic mass is 32.2. The highest BCUT2D eigenvalue weighted by Crippen LogP contribution is 2.39. The fourth-order valence-electron chi connectivity index (χ4n) is 6.06. The monoisotopic (exact) mass is 612 g/mol. The summed E-state index contributed by atoms with van der Waals surface area (Å²) >= 11 is 6.88. The molecule has 3 aliphatic rings. The summed E-state index contributed by atoms with van der Waals surface area (Å²) in [6.07, 6.45) is 4.83. The number of carbonyl (C=O) groups is 1. The van der Waals surface area contributed by atoms with Crippen LogP contribution >= 0.6 is 24.0 Å². The SMILES string of the molecule is CCn1c(N2CCC(Cc3ccccc3)CC2)c(/C=C2/SC(=S)N(Cc3ccc4c(c3)OCO4)C2=O)c(C)c(C#N)c1=O. The smallest absolute Gasteiger partial charge is 0.270 e. The van der Waals surface area contributed by atoms with Crippen molar-refractivity contribution in [1.82, 2.24) is 9.47 Å². The maximum atomic E-state index is 13.7. The normalized spacial score (nSPS) is 17.7. The standard InChI is InChI=1S/C33H32N4O4S2/c1-3-36-30(35-13-11-23(12-14-35)15-22-7-5-4-6-8-22)25(21(2)26(18-34)31(36)38)17-29-32(39)37(33(42)43-29)19-24-9-10-27-28(16-24)41-20-40-27/h4-10,16-17,23H,3,11-15,19-20H2,1-2H3/b29-17+. The molecule has 6 rings (SSSR count). The Morgan fingerprint density at radius 1 is 1.07 bits per heavy atom. The van der Waals surface area contributed by atoms with Crippen molar-refractivity contribution in [2.75, 3.05) is 24.8 Å². The van der Waals surface area contributed by atoms with Crippen molar-refractivity contribution >= 4 is 46.1 Å². The van der Waals surface area contributed by atoms with E-state index in [1.54, 1.807) is 16.4 Å². The van der Waals surface area contributed by atoms with Gasteiger partial charge in [0.05, 0.1) is 11.4 Å². The largest absolute Gasteiger partial charge is 0.454 e.